The van der Waals surface area contributed by atoms with Gasteiger partial charge in [0, 0.05) is 18.7 Å². The smallest absolute Gasteiger partial charge is 0.229 e. The van der Waals surface area contributed by atoms with Gasteiger partial charge in [-0.05, 0) is 30.9 Å². The van der Waals surface area contributed by atoms with E-state index in [1.807, 2.05) is 0 Å². The van der Waals surface area contributed by atoms with Crippen LogP contribution in [0.5, 0.6) is 0 Å². The third-order valence-electron chi connectivity index (χ3n) is 5.82. The first-order valence-corrected chi connectivity index (χ1v) is 8.83. The molecule has 4 atom stereocenters. The Balaban J connectivity index is 1.50. The number of rotatable bonds is 3. The van der Waals surface area contributed by atoms with E-state index in [9.17, 15) is 14.4 Å². The van der Waals surface area contributed by atoms with Gasteiger partial charge in [0.15, 0.2) is 5.78 Å². The number of hydrogen-bond acceptors (Lipinski definition) is 4. The molecule has 1 aromatic carbocycles. The van der Waals surface area contributed by atoms with Gasteiger partial charge in [-0.15, -0.1) is 0 Å². The van der Waals surface area contributed by atoms with Crippen molar-refractivity contribution in [3.8, 4) is 0 Å². The van der Waals surface area contributed by atoms with Crippen LogP contribution in [0.25, 0.3) is 0 Å². The highest BCUT2D eigenvalue weighted by Crippen LogP contribution is 2.62. The largest absolute Gasteiger partial charge is 0.381 e. The highest BCUT2D eigenvalue weighted by atomic mass is 16.5. The van der Waals surface area contributed by atoms with E-state index in [0.29, 0.717) is 30.3 Å². The Morgan fingerprint density at radius 1 is 1.36 bits per heavy atom. The van der Waals surface area contributed by atoms with E-state index in [0.717, 1.165) is 19.4 Å². The maximum absolute atomic E-state index is 13.0. The zero-order chi connectivity index (χ0) is 17.6. The Morgan fingerprint density at radius 2 is 2.16 bits per heavy atom. The maximum Gasteiger partial charge on any atom is 0.229 e. The number of ketones is 1. The molecular weight excluding hydrogens is 320 g/mol. The van der Waals surface area contributed by atoms with Crippen LogP contribution in [0, 0.1) is 23.2 Å². The average molecular weight is 342 g/mol. The van der Waals surface area contributed by atoms with E-state index in [1.54, 1.807) is 31.2 Å². The van der Waals surface area contributed by atoms with Gasteiger partial charge in [0.05, 0.1) is 29.5 Å². The Morgan fingerprint density at radius 3 is 2.92 bits per heavy atom. The number of ether oxygens (including phenoxy) is 1. The Kier molecular flexibility index (Phi) is 3.87. The molecular formula is C19H22N2O4. The van der Waals surface area contributed by atoms with Crippen molar-refractivity contribution in [2.45, 2.75) is 19.8 Å². The van der Waals surface area contributed by atoms with Gasteiger partial charge in [0.1, 0.15) is 0 Å². The second-order valence-corrected chi connectivity index (χ2v) is 7.43. The van der Waals surface area contributed by atoms with E-state index in [1.165, 1.54) is 0 Å². The molecule has 2 amide bonds. The molecule has 1 saturated heterocycles. The van der Waals surface area contributed by atoms with Gasteiger partial charge in [-0.3, -0.25) is 14.4 Å². The van der Waals surface area contributed by atoms with Crippen molar-refractivity contribution < 1.29 is 19.1 Å². The summed E-state index contributed by atoms with van der Waals surface area (Å²) < 4.78 is 5.43. The lowest BCUT2D eigenvalue weighted by atomic mass is 9.92. The minimum atomic E-state index is -0.955. The Labute approximate surface area is 146 Å². The molecule has 0 aromatic heterocycles. The summed E-state index contributed by atoms with van der Waals surface area (Å²) in [7, 11) is 0. The summed E-state index contributed by atoms with van der Waals surface area (Å²) >= 11 is 0. The van der Waals surface area contributed by atoms with Crippen LogP contribution in [-0.2, 0) is 14.3 Å². The molecule has 2 aliphatic heterocycles. The molecule has 0 spiro atoms. The normalized spacial score (nSPS) is 33.6. The summed E-state index contributed by atoms with van der Waals surface area (Å²) in [4.78, 5) is 38.2. The molecule has 25 heavy (non-hydrogen) atoms. The fourth-order valence-corrected chi connectivity index (χ4v) is 4.26. The lowest BCUT2D eigenvalue weighted by Gasteiger charge is -2.22. The van der Waals surface area contributed by atoms with E-state index < -0.39 is 17.3 Å². The third kappa shape index (κ3) is 2.56. The predicted molar refractivity (Wildman–Crippen MR) is 91.0 cm³/mol. The lowest BCUT2D eigenvalue weighted by Crippen LogP contribution is -2.36. The molecule has 3 aliphatic rings. The Bertz CT molecular complexity index is 741. The van der Waals surface area contributed by atoms with Gasteiger partial charge in [0.25, 0.3) is 0 Å². The number of Topliss-reactive ketones (excluding diaryl/α,β-unsaturated/α-hetero) is 1. The van der Waals surface area contributed by atoms with Crippen molar-refractivity contribution in [2.24, 2.45) is 23.2 Å². The quantitative estimate of drug-likeness (QED) is 0.874. The summed E-state index contributed by atoms with van der Waals surface area (Å²) in [6.45, 7) is 3.69. The lowest BCUT2D eigenvalue weighted by molar-refractivity contribution is -0.125. The molecule has 2 fully saturated rings. The fraction of sp³-hybridized carbons (Fsp3) is 0.526. The molecule has 132 valence electrons. The Hall–Kier alpha value is -2.21. The topological polar surface area (TPSA) is 84.5 Å². The van der Waals surface area contributed by atoms with Crippen molar-refractivity contribution in [1.82, 2.24) is 5.32 Å². The number of benzene rings is 1. The molecule has 1 aromatic rings. The summed E-state index contributed by atoms with van der Waals surface area (Å²) in [5.74, 6) is -1.48. The van der Waals surface area contributed by atoms with Crippen LogP contribution in [-0.4, -0.2) is 37.4 Å². The number of para-hydroxylation sites is 1. The SMILES string of the molecule is C[C@]12C(=O)c3ccccc3NC(=O)[C@@H]1[C@H]2C(=O)NC[C@@H]1CCCOC1. The maximum atomic E-state index is 13.0. The number of carbonyl (C=O) groups is 3. The molecule has 1 aliphatic carbocycles. The van der Waals surface area contributed by atoms with Gasteiger partial charge in [-0.1, -0.05) is 19.1 Å². The molecule has 0 unspecified atom stereocenters. The zero-order valence-corrected chi connectivity index (χ0v) is 14.2. The zero-order valence-electron chi connectivity index (χ0n) is 14.2. The van der Waals surface area contributed by atoms with Crippen molar-refractivity contribution in [3.63, 3.8) is 0 Å². The highest BCUT2D eigenvalue weighted by molar-refractivity contribution is 6.19. The molecule has 0 bridgehead atoms. The molecule has 6 heteroatoms. The van der Waals surface area contributed by atoms with Gasteiger partial charge in [0.2, 0.25) is 11.8 Å². The van der Waals surface area contributed by atoms with Crippen LogP contribution < -0.4 is 10.6 Å². The standard InChI is InChI=1S/C19H22N2O4/c1-19-14(17(23)20-9-11-5-4-8-25-10-11)15(19)18(24)21-13-7-3-2-6-12(13)16(19)22/h2-3,6-7,11,14-15H,4-5,8-10H2,1H3,(H,20,23)(H,21,24)/t11-,14-,15-,19+/m0/s1. The average Bonchev–Trinajstić information content (AvgIpc) is 3.28. The summed E-state index contributed by atoms with van der Waals surface area (Å²) in [6.07, 6.45) is 2.03. The third-order valence-corrected chi connectivity index (χ3v) is 5.82. The van der Waals surface area contributed by atoms with Crippen LogP contribution in [0.3, 0.4) is 0 Å². The van der Waals surface area contributed by atoms with E-state index in [4.69, 9.17) is 4.74 Å². The van der Waals surface area contributed by atoms with Crippen molar-refractivity contribution in [1.29, 1.82) is 0 Å². The highest BCUT2D eigenvalue weighted by Gasteiger charge is 2.73. The van der Waals surface area contributed by atoms with Gasteiger partial charge < -0.3 is 15.4 Å². The van der Waals surface area contributed by atoms with Crippen molar-refractivity contribution >= 4 is 23.3 Å². The number of carbonyl (C=O) groups excluding carboxylic acids is 3. The van der Waals surface area contributed by atoms with Crippen molar-refractivity contribution in [3.05, 3.63) is 29.8 Å². The molecule has 4 rings (SSSR count). The first-order chi connectivity index (χ1) is 12.0. The number of amides is 2. The second-order valence-electron chi connectivity index (χ2n) is 7.43. The van der Waals surface area contributed by atoms with Crippen LogP contribution in [0.4, 0.5) is 5.69 Å². The minimum Gasteiger partial charge on any atom is -0.381 e. The minimum absolute atomic E-state index is 0.132. The van der Waals surface area contributed by atoms with Crippen LogP contribution >= 0.6 is 0 Å². The molecule has 6 nitrogen and oxygen atoms in total. The van der Waals surface area contributed by atoms with Crippen molar-refractivity contribution in [2.75, 3.05) is 25.1 Å². The first-order valence-electron chi connectivity index (χ1n) is 8.83. The number of anilines is 1. The summed E-state index contributed by atoms with van der Waals surface area (Å²) in [6, 6.07) is 6.98. The number of hydrogen-bond donors (Lipinski definition) is 2. The van der Waals surface area contributed by atoms with E-state index >= 15 is 0 Å². The van der Waals surface area contributed by atoms with Crippen LogP contribution in [0.1, 0.15) is 30.1 Å². The molecule has 1 saturated carbocycles. The van der Waals surface area contributed by atoms with Gasteiger partial charge >= 0.3 is 0 Å². The molecule has 0 radical (unpaired) electrons. The fourth-order valence-electron chi connectivity index (χ4n) is 4.26. The van der Waals surface area contributed by atoms with Crippen LogP contribution in [0.15, 0.2) is 24.3 Å². The van der Waals surface area contributed by atoms with Crippen LogP contribution in [0.2, 0.25) is 0 Å². The van der Waals surface area contributed by atoms with E-state index in [2.05, 4.69) is 10.6 Å². The molecule has 2 heterocycles. The first kappa shape index (κ1) is 16.3. The van der Waals surface area contributed by atoms with E-state index in [-0.39, 0.29) is 17.6 Å². The number of nitrogens with one attached hydrogen (secondary N) is 2. The van der Waals surface area contributed by atoms with Gasteiger partial charge in [-0.25, -0.2) is 0 Å². The summed E-state index contributed by atoms with van der Waals surface area (Å²) in [5.41, 5.74) is 0.0605. The van der Waals surface area contributed by atoms with Gasteiger partial charge in [-0.2, -0.15) is 0 Å². The number of fused-ring (bicyclic) bond motifs is 2. The molecule has 2 N–H and O–H groups in total. The monoisotopic (exact) mass is 342 g/mol. The second kappa shape index (κ2) is 5.95. The predicted octanol–water partition coefficient (Wildman–Crippen LogP) is 1.62. The summed E-state index contributed by atoms with van der Waals surface area (Å²) in [5, 5.41) is 5.73.